The Morgan fingerprint density at radius 1 is 1.19 bits per heavy atom. The van der Waals surface area contributed by atoms with Gasteiger partial charge in [0.1, 0.15) is 0 Å². The number of hydrogen-bond acceptors (Lipinski definition) is 4. The summed E-state index contributed by atoms with van der Waals surface area (Å²) in [7, 11) is 0. The molecule has 0 amide bonds. The molecule has 5 heteroatoms. The Labute approximate surface area is 122 Å². The predicted octanol–water partition coefficient (Wildman–Crippen LogP) is 3.65. The van der Waals surface area contributed by atoms with Crippen molar-refractivity contribution in [1.82, 2.24) is 0 Å². The van der Waals surface area contributed by atoms with Crippen molar-refractivity contribution < 1.29 is 9.72 Å². The Morgan fingerprint density at radius 2 is 1.90 bits per heavy atom. The minimum absolute atomic E-state index is 0.0867. The summed E-state index contributed by atoms with van der Waals surface area (Å²) in [6, 6.07) is 13.1. The Kier molecular flexibility index (Phi) is 4.66. The van der Waals surface area contributed by atoms with Gasteiger partial charge < -0.3 is 5.32 Å². The van der Waals surface area contributed by atoms with Gasteiger partial charge in [0.05, 0.1) is 10.5 Å². The topological polar surface area (TPSA) is 72.2 Å². The van der Waals surface area contributed by atoms with E-state index in [1.165, 1.54) is 12.1 Å². The van der Waals surface area contributed by atoms with Crippen LogP contribution in [0.1, 0.15) is 29.3 Å². The molecule has 2 aromatic rings. The molecule has 0 bridgehead atoms. The van der Waals surface area contributed by atoms with Gasteiger partial charge in [-0.05, 0) is 12.5 Å². The molecule has 0 radical (unpaired) electrons. The largest absolute Gasteiger partial charge is 0.384 e. The fraction of sp³-hybridized carbons (Fsp3) is 0.188. The molecular formula is C16H16N2O3. The molecule has 0 spiro atoms. The molecular weight excluding hydrogens is 268 g/mol. The summed E-state index contributed by atoms with van der Waals surface area (Å²) in [6.07, 6.45) is 0.899. The second-order valence-electron chi connectivity index (χ2n) is 4.61. The fourth-order valence-electron chi connectivity index (χ4n) is 1.99. The summed E-state index contributed by atoms with van der Waals surface area (Å²) >= 11 is 0. The maximum absolute atomic E-state index is 12.5. The molecule has 1 N–H and O–H groups in total. The van der Waals surface area contributed by atoms with Crippen LogP contribution < -0.4 is 5.32 Å². The number of nitro groups is 1. The van der Waals surface area contributed by atoms with E-state index < -0.39 is 4.92 Å². The third-order valence-electron chi connectivity index (χ3n) is 3.06. The number of nitrogens with zero attached hydrogens (tertiary/aromatic N) is 1. The smallest absolute Gasteiger partial charge is 0.270 e. The molecule has 5 nitrogen and oxygen atoms in total. The number of carbonyl (C=O) groups is 1. The zero-order valence-corrected chi connectivity index (χ0v) is 11.7. The first-order valence-electron chi connectivity index (χ1n) is 6.75. The van der Waals surface area contributed by atoms with Crippen molar-refractivity contribution in [2.75, 3.05) is 11.9 Å². The summed E-state index contributed by atoms with van der Waals surface area (Å²) in [6.45, 7) is 2.71. The average molecular weight is 284 g/mol. The van der Waals surface area contributed by atoms with Gasteiger partial charge in [-0.3, -0.25) is 14.9 Å². The third kappa shape index (κ3) is 3.45. The van der Waals surface area contributed by atoms with E-state index in [0.29, 0.717) is 23.4 Å². The SMILES string of the molecule is CCCNc1ccc([N+](=O)[O-])cc1C(=O)c1ccccc1. The predicted molar refractivity (Wildman–Crippen MR) is 81.8 cm³/mol. The molecule has 2 aromatic carbocycles. The van der Waals surface area contributed by atoms with Crippen LogP contribution in [0.2, 0.25) is 0 Å². The number of ketones is 1. The number of non-ortho nitro benzene ring substituents is 1. The number of nitro benzene ring substituents is 1. The van der Waals surface area contributed by atoms with Gasteiger partial charge in [0.15, 0.2) is 5.78 Å². The van der Waals surface area contributed by atoms with Gasteiger partial charge >= 0.3 is 0 Å². The number of benzene rings is 2. The Hall–Kier alpha value is -2.69. The first-order chi connectivity index (χ1) is 10.1. The van der Waals surface area contributed by atoms with Crippen LogP contribution in [0.25, 0.3) is 0 Å². The van der Waals surface area contributed by atoms with Crippen molar-refractivity contribution in [2.24, 2.45) is 0 Å². The Morgan fingerprint density at radius 3 is 2.52 bits per heavy atom. The molecule has 0 aliphatic rings. The third-order valence-corrected chi connectivity index (χ3v) is 3.06. The van der Waals surface area contributed by atoms with Gasteiger partial charge in [-0.15, -0.1) is 0 Å². The highest BCUT2D eigenvalue weighted by molar-refractivity contribution is 6.12. The molecule has 0 saturated carbocycles. The molecule has 0 aliphatic carbocycles. The highest BCUT2D eigenvalue weighted by atomic mass is 16.6. The molecule has 0 aliphatic heterocycles. The van der Waals surface area contributed by atoms with Gasteiger partial charge in [0.2, 0.25) is 0 Å². The van der Waals surface area contributed by atoms with E-state index in [4.69, 9.17) is 0 Å². The number of hydrogen-bond donors (Lipinski definition) is 1. The summed E-state index contributed by atoms with van der Waals surface area (Å²) in [4.78, 5) is 23.0. The van der Waals surface area contributed by atoms with E-state index in [1.54, 1.807) is 30.3 Å². The van der Waals surface area contributed by atoms with Crippen LogP contribution >= 0.6 is 0 Å². The molecule has 0 fully saturated rings. The standard InChI is InChI=1S/C16H16N2O3/c1-2-10-17-15-9-8-13(18(20)21)11-14(15)16(19)12-6-4-3-5-7-12/h3-9,11,17H,2,10H2,1H3. The van der Waals surface area contributed by atoms with Crippen molar-refractivity contribution >= 4 is 17.2 Å². The maximum Gasteiger partial charge on any atom is 0.270 e. The van der Waals surface area contributed by atoms with Crippen LogP contribution in [0, 0.1) is 10.1 Å². The molecule has 0 heterocycles. The number of rotatable bonds is 6. The van der Waals surface area contributed by atoms with Crippen LogP contribution in [-0.4, -0.2) is 17.3 Å². The van der Waals surface area contributed by atoms with Crippen molar-refractivity contribution in [3.63, 3.8) is 0 Å². The minimum atomic E-state index is -0.495. The lowest BCUT2D eigenvalue weighted by Gasteiger charge is -2.10. The van der Waals surface area contributed by atoms with Crippen LogP contribution in [0.4, 0.5) is 11.4 Å². The second-order valence-corrected chi connectivity index (χ2v) is 4.61. The maximum atomic E-state index is 12.5. The van der Waals surface area contributed by atoms with Crippen LogP contribution in [0.5, 0.6) is 0 Å². The molecule has 21 heavy (non-hydrogen) atoms. The van der Waals surface area contributed by atoms with Crippen molar-refractivity contribution in [3.8, 4) is 0 Å². The van der Waals surface area contributed by atoms with Crippen molar-refractivity contribution in [1.29, 1.82) is 0 Å². The molecule has 0 unspecified atom stereocenters. The zero-order valence-electron chi connectivity index (χ0n) is 11.7. The van der Waals surface area contributed by atoms with Crippen LogP contribution in [0.3, 0.4) is 0 Å². The first-order valence-corrected chi connectivity index (χ1v) is 6.75. The van der Waals surface area contributed by atoms with Gasteiger partial charge in [-0.1, -0.05) is 37.3 Å². The number of carbonyl (C=O) groups excluding carboxylic acids is 1. The zero-order chi connectivity index (χ0) is 15.2. The Bertz CT molecular complexity index is 654. The minimum Gasteiger partial charge on any atom is -0.384 e. The van der Waals surface area contributed by atoms with Gasteiger partial charge in [-0.2, -0.15) is 0 Å². The van der Waals surface area contributed by atoms with Gasteiger partial charge in [0, 0.05) is 29.9 Å². The van der Waals surface area contributed by atoms with E-state index in [1.807, 2.05) is 13.0 Å². The van der Waals surface area contributed by atoms with E-state index >= 15 is 0 Å². The lowest BCUT2D eigenvalue weighted by molar-refractivity contribution is -0.384. The normalized spacial score (nSPS) is 10.1. The van der Waals surface area contributed by atoms with Gasteiger partial charge in [-0.25, -0.2) is 0 Å². The molecule has 0 atom stereocenters. The Balaban J connectivity index is 2.45. The first kappa shape index (κ1) is 14.7. The van der Waals surface area contributed by atoms with E-state index in [-0.39, 0.29) is 11.5 Å². The summed E-state index contributed by atoms with van der Waals surface area (Å²) < 4.78 is 0. The highest BCUT2D eigenvalue weighted by Gasteiger charge is 2.17. The lowest BCUT2D eigenvalue weighted by Crippen LogP contribution is -2.09. The van der Waals surface area contributed by atoms with Crippen molar-refractivity contribution in [3.05, 3.63) is 69.8 Å². The highest BCUT2D eigenvalue weighted by Crippen LogP contribution is 2.24. The monoisotopic (exact) mass is 284 g/mol. The summed E-state index contributed by atoms with van der Waals surface area (Å²) in [5.74, 6) is -0.224. The lowest BCUT2D eigenvalue weighted by atomic mass is 10.0. The second kappa shape index (κ2) is 6.65. The van der Waals surface area contributed by atoms with Crippen LogP contribution in [-0.2, 0) is 0 Å². The molecule has 0 aromatic heterocycles. The number of anilines is 1. The molecule has 0 saturated heterocycles. The molecule has 108 valence electrons. The van der Waals surface area contributed by atoms with E-state index in [2.05, 4.69) is 5.32 Å². The van der Waals surface area contributed by atoms with E-state index in [0.717, 1.165) is 6.42 Å². The fourth-order valence-corrected chi connectivity index (χ4v) is 1.99. The van der Waals surface area contributed by atoms with Crippen LogP contribution in [0.15, 0.2) is 48.5 Å². The number of nitrogens with one attached hydrogen (secondary N) is 1. The van der Waals surface area contributed by atoms with E-state index in [9.17, 15) is 14.9 Å². The van der Waals surface area contributed by atoms with Crippen molar-refractivity contribution in [2.45, 2.75) is 13.3 Å². The average Bonchev–Trinajstić information content (AvgIpc) is 2.52. The molecule has 2 rings (SSSR count). The summed E-state index contributed by atoms with van der Waals surface area (Å²) in [5.41, 5.74) is 1.37. The van der Waals surface area contributed by atoms with Gasteiger partial charge in [0.25, 0.3) is 5.69 Å². The quantitative estimate of drug-likeness (QED) is 0.499. The summed E-state index contributed by atoms with van der Waals surface area (Å²) in [5, 5.41) is 14.0.